The summed E-state index contributed by atoms with van der Waals surface area (Å²) in [6, 6.07) is 3.83. The average molecular weight is 498 g/mol. The van der Waals surface area contributed by atoms with Gasteiger partial charge in [-0.05, 0) is 59.7 Å². The highest BCUT2D eigenvalue weighted by Gasteiger charge is 2.24. The Hall–Kier alpha value is -1.91. The predicted octanol–water partition coefficient (Wildman–Crippen LogP) is 5.32. The highest BCUT2D eigenvalue weighted by Crippen LogP contribution is 2.24. The SMILES string of the molecule is C/C(=N\S(=O)C(C)(C)C)c1nc2c(cc1F)cc(C(=O)OC(C)C)n2COCC[Si](C)(C)C. The number of halogens is 1. The van der Waals surface area contributed by atoms with Crippen LogP contribution in [0.3, 0.4) is 0 Å². The van der Waals surface area contributed by atoms with Crippen LogP contribution in [0.5, 0.6) is 0 Å². The normalized spacial score (nSPS) is 14.2. The minimum absolute atomic E-state index is 0.00896. The second-order valence-electron chi connectivity index (χ2n) is 10.5. The lowest BCUT2D eigenvalue weighted by Gasteiger charge is -2.17. The number of pyridine rings is 1. The molecule has 10 heteroatoms. The molecular formula is C23H36FN3O4SSi. The van der Waals surface area contributed by atoms with Gasteiger partial charge >= 0.3 is 5.97 Å². The lowest BCUT2D eigenvalue weighted by atomic mass is 10.2. The summed E-state index contributed by atoms with van der Waals surface area (Å²) in [6.45, 7) is 17.9. The van der Waals surface area contributed by atoms with Crippen molar-refractivity contribution in [3.8, 4) is 0 Å². The zero-order valence-corrected chi connectivity index (χ0v) is 22.9. The number of nitrogens with zero attached hydrogens (tertiary/aromatic N) is 3. The van der Waals surface area contributed by atoms with Crippen LogP contribution in [-0.4, -0.2) is 51.0 Å². The molecule has 0 aliphatic heterocycles. The number of hydrogen-bond donors (Lipinski definition) is 0. The fourth-order valence-corrected chi connectivity index (χ4v) is 4.19. The monoisotopic (exact) mass is 497 g/mol. The summed E-state index contributed by atoms with van der Waals surface area (Å²) in [5.74, 6) is -1.13. The van der Waals surface area contributed by atoms with Crippen LogP contribution in [-0.2, 0) is 27.2 Å². The molecule has 0 aliphatic carbocycles. The molecule has 1 atom stereocenters. The van der Waals surface area contributed by atoms with E-state index in [0.29, 0.717) is 17.6 Å². The summed E-state index contributed by atoms with van der Waals surface area (Å²) >= 11 is 0. The van der Waals surface area contributed by atoms with E-state index in [1.165, 1.54) is 6.07 Å². The molecule has 0 N–H and O–H groups in total. The van der Waals surface area contributed by atoms with Crippen LogP contribution in [0.1, 0.15) is 57.7 Å². The maximum absolute atomic E-state index is 14.9. The van der Waals surface area contributed by atoms with Gasteiger partial charge in [0.2, 0.25) is 0 Å². The Bertz CT molecular complexity index is 1070. The highest BCUT2D eigenvalue weighted by atomic mass is 32.2. The lowest BCUT2D eigenvalue weighted by Crippen LogP contribution is -2.23. The molecule has 2 aromatic heterocycles. The summed E-state index contributed by atoms with van der Waals surface area (Å²) in [5.41, 5.74) is 0.835. The first-order valence-corrected chi connectivity index (χ1v) is 15.9. The van der Waals surface area contributed by atoms with Gasteiger partial charge in [-0.25, -0.2) is 18.4 Å². The minimum atomic E-state index is -1.56. The van der Waals surface area contributed by atoms with Crippen LogP contribution in [0, 0.1) is 5.82 Å². The number of esters is 1. The summed E-state index contributed by atoms with van der Waals surface area (Å²) in [7, 11) is -2.85. The summed E-state index contributed by atoms with van der Waals surface area (Å²) < 4.78 is 43.8. The standard InChI is InChI=1S/C23H36FN3O4SSi/c1-15(2)31-22(28)19-13-17-12-18(24)20(16(3)26-32(29)23(4,5)6)25-21(17)27(19)14-30-10-11-33(7,8)9/h12-13,15H,10-11,14H2,1-9H3/b26-16+. The van der Waals surface area contributed by atoms with Gasteiger partial charge in [-0.3, -0.25) is 4.57 Å². The zero-order chi connectivity index (χ0) is 25.1. The highest BCUT2D eigenvalue weighted by molar-refractivity contribution is 7.85. The van der Waals surface area contributed by atoms with E-state index < -0.39 is 35.6 Å². The van der Waals surface area contributed by atoms with E-state index in [2.05, 4.69) is 29.0 Å². The van der Waals surface area contributed by atoms with Crippen molar-refractivity contribution in [2.24, 2.45) is 4.40 Å². The summed E-state index contributed by atoms with van der Waals surface area (Å²) in [5, 5.41) is 0.450. The molecular weight excluding hydrogens is 461 g/mol. The molecule has 2 heterocycles. The number of rotatable bonds is 9. The van der Waals surface area contributed by atoms with Crippen molar-refractivity contribution >= 4 is 41.8 Å². The fraction of sp³-hybridized carbons (Fsp3) is 0.609. The summed E-state index contributed by atoms with van der Waals surface area (Å²) in [4.78, 5) is 17.2. The van der Waals surface area contributed by atoms with E-state index in [1.807, 2.05) is 0 Å². The number of hydrogen-bond acceptors (Lipinski definition) is 5. The predicted molar refractivity (Wildman–Crippen MR) is 134 cm³/mol. The molecule has 0 fully saturated rings. The average Bonchev–Trinajstić information content (AvgIpc) is 2.99. The molecule has 33 heavy (non-hydrogen) atoms. The molecule has 1 unspecified atom stereocenters. The second kappa shape index (κ2) is 10.6. The molecule has 0 bridgehead atoms. The molecule has 2 aromatic rings. The molecule has 7 nitrogen and oxygen atoms in total. The molecule has 2 rings (SSSR count). The van der Waals surface area contributed by atoms with Gasteiger partial charge in [-0.2, -0.15) is 4.40 Å². The van der Waals surface area contributed by atoms with Gasteiger partial charge in [0.15, 0.2) is 5.82 Å². The number of carbonyl (C=O) groups is 1. The molecule has 0 saturated carbocycles. The van der Waals surface area contributed by atoms with Gasteiger partial charge in [-0.15, -0.1) is 0 Å². The van der Waals surface area contributed by atoms with Crippen molar-refractivity contribution in [1.29, 1.82) is 0 Å². The van der Waals surface area contributed by atoms with Crippen molar-refractivity contribution in [1.82, 2.24) is 9.55 Å². The van der Waals surface area contributed by atoms with Crippen molar-refractivity contribution in [2.45, 2.75) is 84.8 Å². The van der Waals surface area contributed by atoms with Crippen LogP contribution in [0.2, 0.25) is 25.7 Å². The Morgan fingerprint density at radius 3 is 2.45 bits per heavy atom. The van der Waals surface area contributed by atoms with Crippen LogP contribution in [0.15, 0.2) is 16.5 Å². The first-order chi connectivity index (χ1) is 15.1. The van der Waals surface area contributed by atoms with Crippen LogP contribution in [0.4, 0.5) is 4.39 Å². The Balaban J connectivity index is 2.53. The number of aromatic nitrogens is 2. The zero-order valence-electron chi connectivity index (χ0n) is 21.1. The van der Waals surface area contributed by atoms with E-state index in [-0.39, 0.29) is 29.9 Å². The van der Waals surface area contributed by atoms with Crippen LogP contribution < -0.4 is 0 Å². The fourth-order valence-electron chi connectivity index (χ4n) is 2.82. The van der Waals surface area contributed by atoms with E-state index in [4.69, 9.17) is 9.47 Å². The number of fused-ring (bicyclic) bond motifs is 1. The smallest absolute Gasteiger partial charge is 0.355 e. The Morgan fingerprint density at radius 1 is 1.27 bits per heavy atom. The molecule has 0 amide bonds. The largest absolute Gasteiger partial charge is 0.458 e. The third-order valence-corrected chi connectivity index (χ3v) is 7.87. The molecule has 0 aromatic carbocycles. The van der Waals surface area contributed by atoms with Crippen LogP contribution >= 0.6 is 0 Å². The van der Waals surface area contributed by atoms with Gasteiger partial charge in [0, 0.05) is 20.1 Å². The second-order valence-corrected chi connectivity index (χ2v) is 18.1. The third kappa shape index (κ3) is 7.55. The maximum atomic E-state index is 14.9. The maximum Gasteiger partial charge on any atom is 0.355 e. The van der Waals surface area contributed by atoms with E-state index in [0.717, 1.165) is 6.04 Å². The van der Waals surface area contributed by atoms with Gasteiger partial charge in [0.1, 0.15) is 34.8 Å². The van der Waals surface area contributed by atoms with Crippen LogP contribution in [0.25, 0.3) is 11.0 Å². The van der Waals surface area contributed by atoms with E-state index >= 15 is 0 Å². The first kappa shape index (κ1) is 27.3. The topological polar surface area (TPSA) is 82.8 Å². The van der Waals surface area contributed by atoms with Gasteiger partial charge in [0.05, 0.1) is 16.6 Å². The van der Waals surface area contributed by atoms with E-state index in [9.17, 15) is 13.4 Å². The molecule has 184 valence electrons. The van der Waals surface area contributed by atoms with Crippen molar-refractivity contribution in [2.75, 3.05) is 6.61 Å². The van der Waals surface area contributed by atoms with Crippen molar-refractivity contribution in [3.63, 3.8) is 0 Å². The lowest BCUT2D eigenvalue weighted by molar-refractivity contribution is 0.0338. The van der Waals surface area contributed by atoms with Gasteiger partial charge in [0.25, 0.3) is 0 Å². The van der Waals surface area contributed by atoms with Gasteiger partial charge < -0.3 is 9.47 Å². The molecule has 0 saturated heterocycles. The third-order valence-electron chi connectivity index (χ3n) is 4.68. The van der Waals surface area contributed by atoms with Gasteiger partial charge in [-0.1, -0.05) is 19.6 Å². The minimum Gasteiger partial charge on any atom is -0.458 e. The first-order valence-electron chi connectivity index (χ1n) is 11.1. The Morgan fingerprint density at radius 2 is 1.91 bits per heavy atom. The molecule has 0 spiro atoms. The number of carbonyl (C=O) groups excluding carboxylic acids is 1. The van der Waals surface area contributed by atoms with E-state index in [1.54, 1.807) is 52.2 Å². The van der Waals surface area contributed by atoms with Crippen molar-refractivity contribution < 1.29 is 22.9 Å². The quantitative estimate of drug-likeness (QED) is 0.203. The Kier molecular flexibility index (Phi) is 8.75. The van der Waals surface area contributed by atoms with Crippen molar-refractivity contribution in [3.05, 3.63) is 29.3 Å². The molecule has 0 aliphatic rings. The number of ether oxygens (including phenoxy) is 2. The molecule has 0 radical (unpaired) electrons. The Labute approximate surface area is 199 Å². The summed E-state index contributed by atoms with van der Waals surface area (Å²) in [6.07, 6.45) is -0.307.